The molecule has 3 N–H and O–H groups in total. The Labute approximate surface area is 105 Å². The fourth-order valence-electron chi connectivity index (χ4n) is 2.39. The van der Waals surface area contributed by atoms with Crippen LogP contribution in [0, 0.1) is 0 Å². The second kappa shape index (κ2) is 4.78. The molecule has 2 amide bonds. The van der Waals surface area contributed by atoms with Crippen LogP contribution >= 0.6 is 0 Å². The Morgan fingerprint density at radius 1 is 1.44 bits per heavy atom. The van der Waals surface area contributed by atoms with Gasteiger partial charge >= 0.3 is 0 Å². The normalized spacial score (nSPS) is 27.4. The quantitative estimate of drug-likeness (QED) is 0.684. The number of amides is 2. The molecule has 0 saturated carbocycles. The number of benzene rings is 1. The maximum absolute atomic E-state index is 11.7. The zero-order valence-corrected chi connectivity index (χ0v) is 10.1. The number of nitrogens with one attached hydrogen (secondary N) is 2. The van der Waals surface area contributed by atoms with Crippen molar-refractivity contribution >= 4 is 11.8 Å². The maximum atomic E-state index is 11.7. The standard InChI is InChI=1S/C13H16N2O3/c1-9(16)15-13(10-5-3-2-4-6-10)7-8-14-12(18)11(13)17/h2-6,11,17H,7-8H2,1H3,(H,14,18)(H,15,16)/t11-,13-/m0/s1. The van der Waals surface area contributed by atoms with Gasteiger partial charge in [-0.05, 0) is 12.0 Å². The summed E-state index contributed by atoms with van der Waals surface area (Å²) in [5.41, 5.74) is -0.294. The van der Waals surface area contributed by atoms with Crippen LogP contribution in [0.3, 0.4) is 0 Å². The number of hydrogen-bond acceptors (Lipinski definition) is 3. The van der Waals surface area contributed by atoms with Crippen LogP contribution in [0.2, 0.25) is 0 Å². The molecule has 5 nitrogen and oxygen atoms in total. The monoisotopic (exact) mass is 248 g/mol. The number of aliphatic hydroxyl groups excluding tert-OH is 1. The third kappa shape index (κ3) is 2.09. The number of hydrogen-bond donors (Lipinski definition) is 3. The lowest BCUT2D eigenvalue weighted by atomic mass is 9.78. The van der Waals surface area contributed by atoms with Gasteiger partial charge in [-0.1, -0.05) is 30.3 Å². The van der Waals surface area contributed by atoms with Gasteiger partial charge in [0.2, 0.25) is 5.91 Å². The average molecular weight is 248 g/mol. The topological polar surface area (TPSA) is 78.4 Å². The lowest BCUT2D eigenvalue weighted by Crippen LogP contribution is -2.63. The van der Waals surface area contributed by atoms with Gasteiger partial charge in [0.1, 0.15) is 5.54 Å². The van der Waals surface area contributed by atoms with Crippen LogP contribution in [0.15, 0.2) is 30.3 Å². The summed E-state index contributed by atoms with van der Waals surface area (Å²) in [6.45, 7) is 1.80. The molecule has 1 heterocycles. The highest BCUT2D eigenvalue weighted by atomic mass is 16.3. The van der Waals surface area contributed by atoms with E-state index in [9.17, 15) is 14.7 Å². The van der Waals surface area contributed by atoms with Gasteiger partial charge in [-0.15, -0.1) is 0 Å². The summed E-state index contributed by atoms with van der Waals surface area (Å²) in [7, 11) is 0. The molecule has 1 aromatic rings. The number of aliphatic hydroxyl groups is 1. The summed E-state index contributed by atoms with van der Waals surface area (Å²) in [5, 5.41) is 15.5. The Morgan fingerprint density at radius 3 is 2.72 bits per heavy atom. The molecule has 18 heavy (non-hydrogen) atoms. The molecule has 0 spiro atoms. The van der Waals surface area contributed by atoms with Gasteiger partial charge in [0, 0.05) is 13.5 Å². The highest BCUT2D eigenvalue weighted by Gasteiger charge is 2.46. The second-order valence-corrected chi connectivity index (χ2v) is 4.46. The smallest absolute Gasteiger partial charge is 0.251 e. The fourth-order valence-corrected chi connectivity index (χ4v) is 2.39. The van der Waals surface area contributed by atoms with E-state index in [4.69, 9.17) is 0 Å². The minimum Gasteiger partial charge on any atom is -0.380 e. The number of rotatable bonds is 2. The molecular weight excluding hydrogens is 232 g/mol. The molecular formula is C13H16N2O3. The molecule has 0 aromatic heterocycles. The van der Waals surface area contributed by atoms with E-state index in [2.05, 4.69) is 10.6 Å². The Kier molecular flexibility index (Phi) is 3.34. The van der Waals surface area contributed by atoms with E-state index >= 15 is 0 Å². The van der Waals surface area contributed by atoms with E-state index in [0.717, 1.165) is 5.56 Å². The van der Waals surface area contributed by atoms with Gasteiger partial charge in [-0.2, -0.15) is 0 Å². The Bertz CT molecular complexity index is 461. The van der Waals surface area contributed by atoms with Crippen LogP contribution in [0.4, 0.5) is 0 Å². The largest absolute Gasteiger partial charge is 0.380 e. The van der Waals surface area contributed by atoms with Crippen LogP contribution < -0.4 is 10.6 Å². The molecule has 0 bridgehead atoms. The van der Waals surface area contributed by atoms with E-state index in [0.29, 0.717) is 13.0 Å². The van der Waals surface area contributed by atoms with Gasteiger partial charge in [-0.25, -0.2) is 0 Å². The Morgan fingerprint density at radius 2 is 2.11 bits per heavy atom. The van der Waals surface area contributed by atoms with Crippen molar-refractivity contribution in [3.8, 4) is 0 Å². The number of carbonyl (C=O) groups is 2. The van der Waals surface area contributed by atoms with Gasteiger partial charge in [0.15, 0.2) is 6.10 Å². The third-order valence-corrected chi connectivity index (χ3v) is 3.22. The van der Waals surface area contributed by atoms with Crippen molar-refractivity contribution in [3.63, 3.8) is 0 Å². The van der Waals surface area contributed by atoms with Crippen molar-refractivity contribution in [2.45, 2.75) is 25.0 Å². The first-order chi connectivity index (χ1) is 8.56. The lowest BCUT2D eigenvalue weighted by molar-refractivity contribution is -0.140. The van der Waals surface area contributed by atoms with Crippen molar-refractivity contribution in [2.24, 2.45) is 0 Å². The number of piperidine rings is 1. The van der Waals surface area contributed by atoms with Crippen LogP contribution in [-0.2, 0) is 15.1 Å². The van der Waals surface area contributed by atoms with Gasteiger partial charge in [-0.3, -0.25) is 9.59 Å². The first-order valence-electron chi connectivity index (χ1n) is 5.86. The predicted octanol–water partition coefficient (Wildman–Crippen LogP) is -0.101. The molecule has 1 aliphatic heterocycles. The first kappa shape index (κ1) is 12.6. The average Bonchev–Trinajstić information content (AvgIpc) is 2.35. The molecule has 1 saturated heterocycles. The van der Waals surface area contributed by atoms with E-state index in [-0.39, 0.29) is 5.91 Å². The summed E-state index contributed by atoms with van der Waals surface area (Å²) in [4.78, 5) is 23.0. The maximum Gasteiger partial charge on any atom is 0.251 e. The van der Waals surface area contributed by atoms with Crippen molar-refractivity contribution in [1.29, 1.82) is 0 Å². The van der Waals surface area contributed by atoms with E-state index in [1.165, 1.54) is 6.92 Å². The van der Waals surface area contributed by atoms with Crippen LogP contribution in [0.1, 0.15) is 18.9 Å². The number of carbonyl (C=O) groups excluding carboxylic acids is 2. The zero-order chi connectivity index (χ0) is 13.2. The van der Waals surface area contributed by atoms with Crippen molar-refractivity contribution in [1.82, 2.24) is 10.6 Å². The molecule has 96 valence electrons. The van der Waals surface area contributed by atoms with Gasteiger partial charge in [0.25, 0.3) is 5.91 Å². The van der Waals surface area contributed by atoms with Gasteiger partial charge in [0.05, 0.1) is 0 Å². The Hall–Kier alpha value is -1.88. The molecule has 1 aliphatic rings. The first-order valence-corrected chi connectivity index (χ1v) is 5.86. The zero-order valence-electron chi connectivity index (χ0n) is 10.1. The summed E-state index contributed by atoms with van der Waals surface area (Å²) in [5.74, 6) is -0.730. The molecule has 0 radical (unpaired) electrons. The lowest BCUT2D eigenvalue weighted by Gasteiger charge is -2.41. The molecule has 0 unspecified atom stereocenters. The molecule has 1 aromatic carbocycles. The minimum atomic E-state index is -1.28. The van der Waals surface area contributed by atoms with Crippen LogP contribution in [0.5, 0.6) is 0 Å². The van der Waals surface area contributed by atoms with E-state index < -0.39 is 17.6 Å². The molecule has 2 atom stereocenters. The van der Waals surface area contributed by atoms with Crippen molar-refractivity contribution in [3.05, 3.63) is 35.9 Å². The van der Waals surface area contributed by atoms with Gasteiger partial charge < -0.3 is 15.7 Å². The summed E-state index contributed by atoms with van der Waals surface area (Å²) < 4.78 is 0. The highest BCUT2D eigenvalue weighted by Crippen LogP contribution is 2.31. The minimum absolute atomic E-state index is 0.271. The van der Waals surface area contributed by atoms with Crippen molar-refractivity contribution in [2.75, 3.05) is 6.54 Å². The summed E-state index contributed by atoms with van der Waals surface area (Å²) in [6.07, 6.45) is -0.818. The molecule has 1 fully saturated rings. The molecule has 5 heteroatoms. The predicted molar refractivity (Wildman–Crippen MR) is 65.6 cm³/mol. The van der Waals surface area contributed by atoms with Crippen LogP contribution in [-0.4, -0.2) is 29.6 Å². The second-order valence-electron chi connectivity index (χ2n) is 4.46. The third-order valence-electron chi connectivity index (χ3n) is 3.22. The summed E-state index contributed by atoms with van der Waals surface area (Å²) in [6, 6.07) is 9.09. The van der Waals surface area contributed by atoms with Crippen molar-refractivity contribution < 1.29 is 14.7 Å². The molecule has 0 aliphatic carbocycles. The fraction of sp³-hybridized carbons (Fsp3) is 0.385. The Balaban J connectivity index is 2.46. The molecule has 2 rings (SSSR count). The summed E-state index contributed by atoms with van der Waals surface area (Å²) >= 11 is 0. The highest BCUT2D eigenvalue weighted by molar-refractivity contribution is 5.85. The van der Waals surface area contributed by atoms with E-state index in [1.54, 1.807) is 12.1 Å². The van der Waals surface area contributed by atoms with Crippen LogP contribution in [0.25, 0.3) is 0 Å². The van der Waals surface area contributed by atoms with E-state index in [1.807, 2.05) is 18.2 Å². The SMILES string of the molecule is CC(=O)N[C@]1(c2ccccc2)CCNC(=O)[C@@H]1O.